The van der Waals surface area contributed by atoms with Gasteiger partial charge in [0.25, 0.3) is 0 Å². The quantitative estimate of drug-likeness (QED) is 0.709. The molecule has 0 radical (unpaired) electrons. The lowest BCUT2D eigenvalue weighted by Gasteiger charge is -2.34. The largest absolute Gasteiger partial charge is 0.342 e. The topological polar surface area (TPSA) is 23.6 Å². The van der Waals surface area contributed by atoms with Crippen molar-refractivity contribution in [1.29, 1.82) is 0 Å². The molecule has 0 aromatic heterocycles. The van der Waals surface area contributed by atoms with Gasteiger partial charge in [-0.3, -0.25) is 4.79 Å². The maximum absolute atomic E-state index is 12.8. The summed E-state index contributed by atoms with van der Waals surface area (Å²) in [7, 11) is 0. The van der Waals surface area contributed by atoms with E-state index >= 15 is 0 Å². The predicted molar refractivity (Wildman–Crippen MR) is 111 cm³/mol. The second-order valence-corrected chi connectivity index (χ2v) is 9.12. The van der Waals surface area contributed by atoms with E-state index in [4.69, 9.17) is 0 Å². The first kappa shape index (κ1) is 19.8. The van der Waals surface area contributed by atoms with Crippen LogP contribution in [-0.2, 0) is 4.79 Å². The monoisotopic (exact) mass is 374 g/mol. The van der Waals surface area contributed by atoms with Gasteiger partial charge in [-0.1, -0.05) is 18.9 Å². The van der Waals surface area contributed by atoms with Crippen molar-refractivity contribution in [1.82, 2.24) is 9.80 Å². The molecular weight excluding hydrogens is 340 g/mol. The maximum Gasteiger partial charge on any atom is 0.225 e. The number of amides is 1. The average Bonchev–Trinajstić information content (AvgIpc) is 2.94. The van der Waals surface area contributed by atoms with Gasteiger partial charge in [-0.05, 0) is 75.9 Å². The number of carbonyl (C=O) groups is 1. The van der Waals surface area contributed by atoms with Gasteiger partial charge in [0.15, 0.2) is 0 Å². The molecule has 2 aliphatic heterocycles. The lowest BCUT2D eigenvalue weighted by molar-refractivity contribution is -0.137. The van der Waals surface area contributed by atoms with Gasteiger partial charge in [0.1, 0.15) is 0 Å². The van der Waals surface area contributed by atoms with Crippen molar-refractivity contribution in [2.45, 2.75) is 57.3 Å². The van der Waals surface area contributed by atoms with Gasteiger partial charge >= 0.3 is 0 Å². The van der Waals surface area contributed by atoms with Crippen molar-refractivity contribution in [3.8, 4) is 0 Å². The molecule has 3 nitrogen and oxygen atoms in total. The zero-order valence-electron chi connectivity index (χ0n) is 16.5. The molecule has 2 aliphatic rings. The molecule has 4 heteroatoms. The Balaban J connectivity index is 1.38. The third-order valence-electron chi connectivity index (χ3n) is 6.01. The van der Waals surface area contributed by atoms with Crippen molar-refractivity contribution in [2.75, 3.05) is 38.5 Å². The van der Waals surface area contributed by atoms with Crippen molar-refractivity contribution in [3.05, 3.63) is 29.3 Å². The highest BCUT2D eigenvalue weighted by Gasteiger charge is 2.28. The van der Waals surface area contributed by atoms with E-state index in [9.17, 15) is 4.79 Å². The summed E-state index contributed by atoms with van der Waals surface area (Å²) in [6.45, 7) is 9.63. The number of rotatable bonds is 5. The molecule has 1 aromatic rings. The van der Waals surface area contributed by atoms with Crippen LogP contribution >= 0.6 is 11.8 Å². The van der Waals surface area contributed by atoms with Crippen molar-refractivity contribution in [3.63, 3.8) is 0 Å². The molecule has 0 atom stereocenters. The second kappa shape index (κ2) is 9.80. The summed E-state index contributed by atoms with van der Waals surface area (Å²) < 4.78 is 0. The second-order valence-electron chi connectivity index (χ2n) is 7.95. The van der Waals surface area contributed by atoms with Gasteiger partial charge in [-0.15, -0.1) is 11.8 Å². The molecule has 2 saturated heterocycles. The molecule has 0 bridgehead atoms. The summed E-state index contributed by atoms with van der Waals surface area (Å²) >= 11 is 1.95. The molecule has 1 amide bonds. The smallest absolute Gasteiger partial charge is 0.225 e. The molecule has 0 spiro atoms. The number of hydrogen-bond acceptors (Lipinski definition) is 3. The van der Waals surface area contributed by atoms with Gasteiger partial charge in [0.05, 0.1) is 0 Å². The van der Waals surface area contributed by atoms with Gasteiger partial charge < -0.3 is 9.80 Å². The van der Waals surface area contributed by atoms with Crippen LogP contribution in [-0.4, -0.2) is 54.2 Å². The third kappa shape index (κ3) is 5.50. The average molecular weight is 375 g/mol. The molecule has 144 valence electrons. The van der Waals surface area contributed by atoms with E-state index in [0.29, 0.717) is 5.91 Å². The van der Waals surface area contributed by atoms with Crippen LogP contribution in [0.2, 0.25) is 0 Å². The number of nitrogens with zero attached hydrogens (tertiary/aromatic N) is 2. The maximum atomic E-state index is 12.8. The molecule has 3 rings (SSSR count). The molecule has 0 N–H and O–H groups in total. The van der Waals surface area contributed by atoms with Crippen LogP contribution in [0.3, 0.4) is 0 Å². The molecule has 1 aromatic carbocycles. The number of benzene rings is 1. The Labute approximate surface area is 163 Å². The summed E-state index contributed by atoms with van der Waals surface area (Å²) in [6, 6.07) is 6.75. The molecule has 2 fully saturated rings. The molecule has 0 saturated carbocycles. The standard InChI is InChI=1S/C22H34N2OS/c1-18-7-8-21(17-19(18)2)26-16-15-23-13-9-20(10-14-23)22(25)24-11-5-3-4-6-12-24/h7-8,17,20H,3-6,9-16H2,1-2H3. The van der Waals surface area contributed by atoms with Crippen LogP contribution in [0.5, 0.6) is 0 Å². The fourth-order valence-corrected chi connectivity index (χ4v) is 5.06. The van der Waals surface area contributed by atoms with Crippen LogP contribution in [0.25, 0.3) is 0 Å². The summed E-state index contributed by atoms with van der Waals surface area (Å²) in [5, 5.41) is 0. The van der Waals surface area contributed by atoms with E-state index in [1.165, 1.54) is 41.7 Å². The molecule has 0 aliphatic carbocycles. The zero-order valence-corrected chi connectivity index (χ0v) is 17.3. The van der Waals surface area contributed by atoms with Gasteiger partial charge in [0.2, 0.25) is 5.91 Å². The van der Waals surface area contributed by atoms with E-state index in [1.807, 2.05) is 11.8 Å². The Morgan fingerprint density at radius 1 is 1.00 bits per heavy atom. The van der Waals surface area contributed by atoms with Crippen molar-refractivity contribution in [2.24, 2.45) is 5.92 Å². The predicted octanol–water partition coefficient (Wildman–Crippen LogP) is 4.51. The minimum Gasteiger partial charge on any atom is -0.342 e. The minimum absolute atomic E-state index is 0.275. The Kier molecular flexibility index (Phi) is 7.44. The lowest BCUT2D eigenvalue weighted by atomic mass is 9.95. The fourth-order valence-electron chi connectivity index (χ4n) is 4.05. The van der Waals surface area contributed by atoms with Crippen LogP contribution < -0.4 is 0 Å². The van der Waals surface area contributed by atoms with Crippen LogP contribution in [0.15, 0.2) is 23.1 Å². The Morgan fingerprint density at radius 3 is 2.35 bits per heavy atom. The van der Waals surface area contributed by atoms with Gasteiger partial charge in [-0.2, -0.15) is 0 Å². The fraction of sp³-hybridized carbons (Fsp3) is 0.682. The minimum atomic E-state index is 0.275. The van der Waals surface area contributed by atoms with Crippen molar-refractivity contribution < 1.29 is 4.79 Å². The normalized spacial score (nSPS) is 20.2. The van der Waals surface area contributed by atoms with Crippen LogP contribution in [0.1, 0.15) is 49.7 Å². The molecular formula is C22H34N2OS. The van der Waals surface area contributed by atoms with E-state index < -0.39 is 0 Å². The lowest BCUT2D eigenvalue weighted by Crippen LogP contribution is -2.43. The van der Waals surface area contributed by atoms with Gasteiger partial charge in [0, 0.05) is 36.2 Å². The number of thioether (sulfide) groups is 1. The molecule has 26 heavy (non-hydrogen) atoms. The third-order valence-corrected chi connectivity index (χ3v) is 6.98. The summed E-state index contributed by atoms with van der Waals surface area (Å²) in [4.78, 5) is 18.8. The highest BCUT2D eigenvalue weighted by molar-refractivity contribution is 7.99. The number of carbonyl (C=O) groups excluding carboxylic acids is 1. The number of piperidine rings is 1. The summed E-state index contributed by atoms with van der Waals surface area (Å²) in [6.07, 6.45) is 7.06. The zero-order chi connectivity index (χ0) is 18.4. The SMILES string of the molecule is Cc1ccc(SCCN2CCC(C(=O)N3CCCCCC3)CC2)cc1C. The van der Waals surface area contributed by atoms with Gasteiger partial charge in [-0.25, -0.2) is 0 Å². The number of aryl methyl sites for hydroxylation is 2. The van der Waals surface area contributed by atoms with E-state index in [2.05, 4.69) is 41.8 Å². The highest BCUT2D eigenvalue weighted by atomic mass is 32.2. The highest BCUT2D eigenvalue weighted by Crippen LogP contribution is 2.24. The summed E-state index contributed by atoms with van der Waals surface area (Å²) in [5.41, 5.74) is 2.74. The Hall–Kier alpha value is -1.00. The van der Waals surface area contributed by atoms with Crippen LogP contribution in [0.4, 0.5) is 0 Å². The number of likely N-dealkylation sites (tertiary alicyclic amines) is 2. The molecule has 2 heterocycles. The van der Waals surface area contributed by atoms with Crippen LogP contribution in [0, 0.1) is 19.8 Å². The first-order valence-corrected chi connectivity index (χ1v) is 11.3. The first-order chi connectivity index (χ1) is 12.6. The van der Waals surface area contributed by atoms with E-state index in [-0.39, 0.29) is 5.92 Å². The Morgan fingerprint density at radius 2 is 1.69 bits per heavy atom. The Bertz CT molecular complexity index is 588. The van der Waals surface area contributed by atoms with Crippen molar-refractivity contribution >= 4 is 17.7 Å². The van der Waals surface area contributed by atoms with E-state index in [0.717, 1.165) is 51.3 Å². The van der Waals surface area contributed by atoms with E-state index in [1.54, 1.807) is 0 Å². The first-order valence-electron chi connectivity index (χ1n) is 10.3. The molecule has 0 unspecified atom stereocenters. The number of hydrogen-bond donors (Lipinski definition) is 0. The summed E-state index contributed by atoms with van der Waals surface area (Å²) in [5.74, 6) is 1.85.